The van der Waals surface area contributed by atoms with Crippen molar-refractivity contribution in [3.63, 3.8) is 0 Å². The Labute approximate surface area is 119 Å². The normalized spacial score (nSPS) is 11.7. The van der Waals surface area contributed by atoms with Gasteiger partial charge in [0.25, 0.3) is 5.91 Å². The zero-order valence-electron chi connectivity index (χ0n) is 11.8. The van der Waals surface area contributed by atoms with Crippen molar-refractivity contribution in [2.24, 2.45) is 0 Å². The molecule has 0 aliphatic rings. The van der Waals surface area contributed by atoms with Gasteiger partial charge in [-0.2, -0.15) is 0 Å². The maximum Gasteiger partial charge on any atom is 0.265 e. The number of carbonyl (C=O) groups is 1. The van der Waals surface area contributed by atoms with Crippen LogP contribution in [0.4, 0.5) is 5.69 Å². The Morgan fingerprint density at radius 3 is 2.60 bits per heavy atom. The minimum absolute atomic E-state index is 0.151. The Bertz CT molecular complexity index is 566. The average molecular weight is 269 g/mol. The topological polar surface area (TPSA) is 38.3 Å². The molecule has 3 heteroatoms. The number of amides is 1. The second-order valence-electron chi connectivity index (χ2n) is 4.62. The second kappa shape index (κ2) is 6.75. The first-order chi connectivity index (χ1) is 9.69. The summed E-state index contributed by atoms with van der Waals surface area (Å²) in [4.78, 5) is 12.1. The van der Waals surface area contributed by atoms with Gasteiger partial charge >= 0.3 is 0 Å². The number of rotatable bonds is 5. The van der Waals surface area contributed by atoms with Crippen molar-refractivity contribution in [2.75, 3.05) is 5.32 Å². The molecular formula is C17H19NO2. The van der Waals surface area contributed by atoms with E-state index in [1.807, 2.05) is 54.6 Å². The van der Waals surface area contributed by atoms with Crippen LogP contribution in [-0.2, 0) is 11.2 Å². The van der Waals surface area contributed by atoms with Crippen LogP contribution < -0.4 is 10.1 Å². The summed E-state index contributed by atoms with van der Waals surface area (Å²) in [5, 5.41) is 2.87. The average Bonchev–Trinajstić information content (AvgIpc) is 2.48. The highest BCUT2D eigenvalue weighted by atomic mass is 16.5. The molecule has 1 N–H and O–H groups in total. The molecule has 2 aromatic carbocycles. The van der Waals surface area contributed by atoms with Crippen LogP contribution in [0.2, 0.25) is 0 Å². The van der Waals surface area contributed by atoms with E-state index in [0.717, 1.165) is 12.1 Å². The molecule has 0 radical (unpaired) electrons. The lowest BCUT2D eigenvalue weighted by Crippen LogP contribution is -2.30. The summed E-state index contributed by atoms with van der Waals surface area (Å²) in [5.41, 5.74) is 2.00. The van der Waals surface area contributed by atoms with Gasteiger partial charge in [0.1, 0.15) is 5.75 Å². The van der Waals surface area contributed by atoms with Gasteiger partial charge in [-0.15, -0.1) is 0 Å². The molecule has 0 aromatic heterocycles. The van der Waals surface area contributed by atoms with E-state index in [2.05, 4.69) is 12.2 Å². The third-order valence-corrected chi connectivity index (χ3v) is 3.03. The van der Waals surface area contributed by atoms with Crippen LogP contribution in [0.25, 0.3) is 0 Å². The molecule has 0 aliphatic heterocycles. The fourth-order valence-corrected chi connectivity index (χ4v) is 1.87. The van der Waals surface area contributed by atoms with E-state index in [1.165, 1.54) is 5.56 Å². The zero-order valence-corrected chi connectivity index (χ0v) is 11.8. The molecule has 104 valence electrons. The summed E-state index contributed by atoms with van der Waals surface area (Å²) < 4.78 is 5.59. The first-order valence-corrected chi connectivity index (χ1v) is 6.80. The van der Waals surface area contributed by atoms with Gasteiger partial charge in [-0.25, -0.2) is 0 Å². The predicted octanol–water partition coefficient (Wildman–Crippen LogP) is 3.66. The van der Waals surface area contributed by atoms with Gasteiger partial charge in [0.05, 0.1) is 0 Å². The summed E-state index contributed by atoms with van der Waals surface area (Å²) in [5.74, 6) is 0.541. The van der Waals surface area contributed by atoms with Gasteiger partial charge in [-0.3, -0.25) is 4.79 Å². The van der Waals surface area contributed by atoms with Gasteiger partial charge in [0.2, 0.25) is 0 Å². The smallest absolute Gasteiger partial charge is 0.265 e. The highest BCUT2D eigenvalue weighted by Gasteiger charge is 2.14. The third kappa shape index (κ3) is 3.85. The lowest BCUT2D eigenvalue weighted by Gasteiger charge is -2.15. The van der Waals surface area contributed by atoms with Gasteiger partial charge in [0.15, 0.2) is 6.10 Å². The van der Waals surface area contributed by atoms with E-state index in [1.54, 1.807) is 6.92 Å². The van der Waals surface area contributed by atoms with E-state index < -0.39 is 6.10 Å². The highest BCUT2D eigenvalue weighted by molar-refractivity contribution is 5.94. The number of anilines is 1. The summed E-state index contributed by atoms with van der Waals surface area (Å²) in [6.45, 7) is 3.83. The molecule has 0 saturated carbocycles. The molecule has 0 fully saturated rings. The Kier molecular flexibility index (Phi) is 4.77. The fourth-order valence-electron chi connectivity index (χ4n) is 1.87. The van der Waals surface area contributed by atoms with Crippen LogP contribution in [0.3, 0.4) is 0 Å². The van der Waals surface area contributed by atoms with Crippen LogP contribution in [0.15, 0.2) is 54.6 Å². The van der Waals surface area contributed by atoms with Crippen molar-refractivity contribution in [2.45, 2.75) is 26.4 Å². The summed E-state index contributed by atoms with van der Waals surface area (Å²) in [6.07, 6.45) is 0.405. The number of benzene rings is 2. The summed E-state index contributed by atoms with van der Waals surface area (Å²) in [6, 6.07) is 17.2. The minimum Gasteiger partial charge on any atom is -0.481 e. The molecule has 0 heterocycles. The Hall–Kier alpha value is -2.29. The zero-order chi connectivity index (χ0) is 14.4. The van der Waals surface area contributed by atoms with Crippen LogP contribution in [0, 0.1) is 0 Å². The standard InChI is InChI=1S/C17H19NO2/c1-3-14-8-7-9-15(12-14)18-17(19)13(2)20-16-10-5-4-6-11-16/h4-13H,3H2,1-2H3,(H,18,19)/t13-/m1/s1. The third-order valence-electron chi connectivity index (χ3n) is 3.03. The molecular weight excluding hydrogens is 250 g/mol. The van der Waals surface area contributed by atoms with E-state index in [0.29, 0.717) is 5.75 Å². The number of hydrogen-bond acceptors (Lipinski definition) is 2. The monoisotopic (exact) mass is 269 g/mol. The molecule has 1 amide bonds. The first-order valence-electron chi connectivity index (χ1n) is 6.80. The number of nitrogens with one attached hydrogen (secondary N) is 1. The molecule has 2 rings (SSSR count). The lowest BCUT2D eigenvalue weighted by molar-refractivity contribution is -0.122. The van der Waals surface area contributed by atoms with E-state index in [-0.39, 0.29) is 5.91 Å². The molecule has 2 aromatic rings. The Morgan fingerprint density at radius 1 is 1.15 bits per heavy atom. The molecule has 0 spiro atoms. The Balaban J connectivity index is 1.97. The van der Waals surface area contributed by atoms with Crippen molar-refractivity contribution in [1.82, 2.24) is 0 Å². The predicted molar refractivity (Wildman–Crippen MR) is 81.0 cm³/mol. The molecule has 0 unspecified atom stereocenters. The minimum atomic E-state index is -0.539. The maximum absolute atomic E-state index is 12.1. The molecule has 3 nitrogen and oxygen atoms in total. The van der Waals surface area contributed by atoms with Crippen molar-refractivity contribution in [3.8, 4) is 5.75 Å². The molecule has 1 atom stereocenters. The molecule has 0 saturated heterocycles. The van der Waals surface area contributed by atoms with Crippen LogP contribution in [0.1, 0.15) is 19.4 Å². The summed E-state index contributed by atoms with van der Waals surface area (Å²) >= 11 is 0. The molecule has 0 aliphatic carbocycles. The van der Waals surface area contributed by atoms with Crippen LogP contribution in [0.5, 0.6) is 5.75 Å². The lowest BCUT2D eigenvalue weighted by atomic mass is 10.1. The van der Waals surface area contributed by atoms with Crippen molar-refractivity contribution >= 4 is 11.6 Å². The van der Waals surface area contributed by atoms with E-state index in [9.17, 15) is 4.79 Å². The number of ether oxygens (including phenoxy) is 1. The van der Waals surface area contributed by atoms with Gasteiger partial charge in [-0.05, 0) is 43.2 Å². The first kappa shape index (κ1) is 14.1. The number of para-hydroxylation sites is 1. The number of hydrogen-bond donors (Lipinski definition) is 1. The van der Waals surface area contributed by atoms with Gasteiger partial charge in [-0.1, -0.05) is 37.3 Å². The van der Waals surface area contributed by atoms with Gasteiger partial charge in [0, 0.05) is 5.69 Å². The van der Waals surface area contributed by atoms with Crippen LogP contribution >= 0.6 is 0 Å². The maximum atomic E-state index is 12.1. The van der Waals surface area contributed by atoms with Crippen molar-refractivity contribution < 1.29 is 9.53 Å². The van der Waals surface area contributed by atoms with Gasteiger partial charge < -0.3 is 10.1 Å². The van der Waals surface area contributed by atoms with Crippen molar-refractivity contribution in [3.05, 3.63) is 60.2 Å². The highest BCUT2D eigenvalue weighted by Crippen LogP contribution is 2.14. The summed E-state index contributed by atoms with van der Waals surface area (Å²) in [7, 11) is 0. The quantitative estimate of drug-likeness (QED) is 0.899. The Morgan fingerprint density at radius 2 is 1.90 bits per heavy atom. The van der Waals surface area contributed by atoms with Crippen LogP contribution in [-0.4, -0.2) is 12.0 Å². The number of carbonyl (C=O) groups excluding carboxylic acids is 1. The molecule has 0 bridgehead atoms. The second-order valence-corrected chi connectivity index (χ2v) is 4.62. The largest absolute Gasteiger partial charge is 0.481 e. The van der Waals surface area contributed by atoms with Crippen molar-refractivity contribution in [1.29, 1.82) is 0 Å². The van der Waals surface area contributed by atoms with E-state index in [4.69, 9.17) is 4.74 Å². The van der Waals surface area contributed by atoms with E-state index >= 15 is 0 Å². The number of aryl methyl sites for hydroxylation is 1. The SMILES string of the molecule is CCc1cccc(NC(=O)[C@@H](C)Oc2ccccc2)c1. The molecule has 20 heavy (non-hydrogen) atoms. The fraction of sp³-hybridized carbons (Fsp3) is 0.235.